The maximum atomic E-state index is 12.6. The van der Waals surface area contributed by atoms with Crippen molar-refractivity contribution in [2.24, 2.45) is 0 Å². The number of hydrogen-bond acceptors (Lipinski definition) is 2. The van der Waals surface area contributed by atoms with Gasteiger partial charge in [-0.1, -0.05) is 12.1 Å². The molecule has 1 atom stereocenters. The molecule has 1 aliphatic heterocycles. The van der Waals surface area contributed by atoms with Gasteiger partial charge in [-0.15, -0.1) is 12.4 Å². The van der Waals surface area contributed by atoms with Gasteiger partial charge < -0.3 is 5.32 Å². The average Bonchev–Trinajstić information content (AvgIpc) is 3.16. The molecule has 0 aromatic heterocycles. The molecule has 1 amide bonds. The molecule has 1 N–H and O–H groups in total. The van der Waals surface area contributed by atoms with Gasteiger partial charge in [-0.05, 0) is 74.8 Å². The Morgan fingerprint density at radius 2 is 1.56 bits per heavy atom. The van der Waals surface area contributed by atoms with Gasteiger partial charge in [0.05, 0.1) is 5.56 Å². The lowest BCUT2D eigenvalue weighted by atomic mass is 10.1. The van der Waals surface area contributed by atoms with Crippen molar-refractivity contribution in [3.8, 4) is 0 Å². The highest BCUT2D eigenvalue weighted by molar-refractivity contribution is 6.04. The Morgan fingerprint density at radius 3 is 2.07 bits per heavy atom. The summed E-state index contributed by atoms with van der Waals surface area (Å²) < 4.78 is 37.7. The summed E-state index contributed by atoms with van der Waals surface area (Å²) in [7, 11) is 0. The SMILES string of the molecule is CC(c1ccc(NC(=O)c2ccc(C(F)(F)F)cc2)cc1)N1CCCC1.Cl. The minimum atomic E-state index is -4.41. The third-order valence-corrected chi connectivity index (χ3v) is 4.81. The van der Waals surface area contributed by atoms with E-state index >= 15 is 0 Å². The van der Waals surface area contributed by atoms with E-state index in [2.05, 4.69) is 17.1 Å². The maximum absolute atomic E-state index is 12.6. The Labute approximate surface area is 163 Å². The molecular formula is C20H22ClF3N2O. The van der Waals surface area contributed by atoms with Crippen LogP contribution in [0.5, 0.6) is 0 Å². The van der Waals surface area contributed by atoms with E-state index in [0.29, 0.717) is 11.7 Å². The smallest absolute Gasteiger partial charge is 0.322 e. The normalized spacial score (nSPS) is 15.9. The number of nitrogens with one attached hydrogen (secondary N) is 1. The number of anilines is 1. The molecule has 0 aliphatic carbocycles. The number of amides is 1. The minimum absolute atomic E-state index is 0. The van der Waals surface area contributed by atoms with Crippen molar-refractivity contribution < 1.29 is 18.0 Å². The van der Waals surface area contributed by atoms with Crippen molar-refractivity contribution >= 4 is 24.0 Å². The second kappa shape index (κ2) is 8.76. The molecule has 3 nitrogen and oxygen atoms in total. The lowest BCUT2D eigenvalue weighted by Crippen LogP contribution is -2.23. The topological polar surface area (TPSA) is 32.3 Å². The second-order valence-corrected chi connectivity index (χ2v) is 6.57. The quantitative estimate of drug-likeness (QED) is 0.733. The monoisotopic (exact) mass is 398 g/mol. The van der Waals surface area contributed by atoms with Gasteiger partial charge in [0.15, 0.2) is 0 Å². The number of alkyl halides is 3. The van der Waals surface area contributed by atoms with E-state index in [1.165, 1.54) is 30.5 Å². The molecule has 2 aromatic carbocycles. The van der Waals surface area contributed by atoms with E-state index < -0.39 is 17.6 Å². The van der Waals surface area contributed by atoms with Crippen molar-refractivity contribution in [1.29, 1.82) is 0 Å². The molecule has 1 unspecified atom stereocenters. The van der Waals surface area contributed by atoms with Crippen LogP contribution in [0.1, 0.15) is 47.3 Å². The lowest BCUT2D eigenvalue weighted by molar-refractivity contribution is -0.137. The van der Waals surface area contributed by atoms with Crippen LogP contribution in [0.2, 0.25) is 0 Å². The molecule has 3 rings (SSSR count). The largest absolute Gasteiger partial charge is 0.416 e. The molecule has 146 valence electrons. The summed E-state index contributed by atoms with van der Waals surface area (Å²) in [6, 6.07) is 12.1. The summed E-state index contributed by atoms with van der Waals surface area (Å²) in [6.45, 7) is 4.38. The molecule has 0 bridgehead atoms. The van der Waals surface area contributed by atoms with Crippen LogP contribution in [-0.4, -0.2) is 23.9 Å². The van der Waals surface area contributed by atoms with Gasteiger partial charge in [-0.25, -0.2) is 0 Å². The third-order valence-electron chi connectivity index (χ3n) is 4.81. The number of carbonyl (C=O) groups excluding carboxylic acids is 1. The van der Waals surface area contributed by atoms with Gasteiger partial charge in [0.1, 0.15) is 0 Å². The predicted octanol–water partition coefficient (Wildman–Crippen LogP) is 5.54. The first-order valence-electron chi connectivity index (χ1n) is 8.67. The number of halogens is 4. The highest BCUT2D eigenvalue weighted by Crippen LogP contribution is 2.29. The van der Waals surface area contributed by atoms with E-state index in [0.717, 1.165) is 25.2 Å². The van der Waals surface area contributed by atoms with E-state index in [1.54, 1.807) is 0 Å². The van der Waals surface area contributed by atoms with Crippen LogP contribution in [0.4, 0.5) is 18.9 Å². The Balaban J connectivity index is 0.00000261. The average molecular weight is 399 g/mol. The van der Waals surface area contributed by atoms with Crippen LogP contribution in [0.15, 0.2) is 48.5 Å². The summed E-state index contributed by atoms with van der Waals surface area (Å²) in [5, 5.41) is 2.72. The van der Waals surface area contributed by atoms with Crippen molar-refractivity contribution in [3.63, 3.8) is 0 Å². The number of rotatable bonds is 4. The number of hydrogen-bond donors (Lipinski definition) is 1. The van der Waals surface area contributed by atoms with E-state index in [4.69, 9.17) is 0 Å². The van der Waals surface area contributed by atoms with Crippen molar-refractivity contribution in [3.05, 3.63) is 65.2 Å². The van der Waals surface area contributed by atoms with Crippen molar-refractivity contribution in [2.75, 3.05) is 18.4 Å². The summed E-state index contributed by atoms with van der Waals surface area (Å²) in [4.78, 5) is 14.6. The van der Waals surface area contributed by atoms with Gasteiger partial charge in [-0.2, -0.15) is 13.2 Å². The summed E-state index contributed by atoms with van der Waals surface area (Å²) in [5.74, 6) is -0.431. The highest BCUT2D eigenvalue weighted by Gasteiger charge is 2.30. The molecule has 2 aromatic rings. The number of nitrogens with zero attached hydrogens (tertiary/aromatic N) is 1. The molecule has 1 aliphatic rings. The fourth-order valence-electron chi connectivity index (χ4n) is 3.20. The summed E-state index contributed by atoms with van der Waals surface area (Å²) in [6.07, 6.45) is -1.95. The molecule has 27 heavy (non-hydrogen) atoms. The number of likely N-dealkylation sites (tertiary alicyclic amines) is 1. The van der Waals surface area contributed by atoms with Crippen LogP contribution in [0.3, 0.4) is 0 Å². The van der Waals surface area contributed by atoms with Gasteiger partial charge in [0, 0.05) is 17.3 Å². The van der Waals surface area contributed by atoms with Crippen LogP contribution < -0.4 is 5.32 Å². The molecule has 1 saturated heterocycles. The predicted molar refractivity (Wildman–Crippen MR) is 102 cm³/mol. The fourth-order valence-corrected chi connectivity index (χ4v) is 3.20. The van der Waals surface area contributed by atoms with Gasteiger partial charge in [0.2, 0.25) is 0 Å². The van der Waals surface area contributed by atoms with E-state index in [-0.39, 0.29) is 18.0 Å². The molecule has 1 fully saturated rings. The first kappa shape index (κ1) is 21.3. The van der Waals surface area contributed by atoms with E-state index in [9.17, 15) is 18.0 Å². The Bertz CT molecular complexity index is 754. The molecule has 1 heterocycles. The molecule has 7 heteroatoms. The van der Waals surface area contributed by atoms with Crippen LogP contribution in [-0.2, 0) is 6.18 Å². The standard InChI is InChI=1S/C20H21F3N2O.ClH/c1-14(25-12-2-3-13-25)15-6-10-18(11-7-15)24-19(26)16-4-8-17(9-5-16)20(21,22)23;/h4-11,14H,2-3,12-13H2,1H3,(H,24,26);1H. The highest BCUT2D eigenvalue weighted by atomic mass is 35.5. The zero-order chi connectivity index (χ0) is 18.7. The zero-order valence-corrected chi connectivity index (χ0v) is 15.7. The van der Waals surface area contributed by atoms with Gasteiger partial charge in [-0.3, -0.25) is 9.69 Å². The molecule has 0 spiro atoms. The number of benzene rings is 2. The Morgan fingerprint density at radius 1 is 1.00 bits per heavy atom. The summed E-state index contributed by atoms with van der Waals surface area (Å²) >= 11 is 0. The first-order chi connectivity index (χ1) is 12.3. The fraction of sp³-hybridized carbons (Fsp3) is 0.350. The number of carbonyl (C=O) groups is 1. The Kier molecular flexibility index (Phi) is 6.89. The third kappa shape index (κ3) is 5.23. The van der Waals surface area contributed by atoms with Gasteiger partial charge >= 0.3 is 6.18 Å². The first-order valence-corrected chi connectivity index (χ1v) is 8.67. The van der Waals surface area contributed by atoms with Crippen molar-refractivity contribution in [1.82, 2.24) is 4.90 Å². The minimum Gasteiger partial charge on any atom is -0.322 e. The molecule has 0 radical (unpaired) electrons. The van der Waals surface area contributed by atoms with Crippen LogP contribution in [0.25, 0.3) is 0 Å². The zero-order valence-electron chi connectivity index (χ0n) is 14.9. The Hall–Kier alpha value is -2.05. The second-order valence-electron chi connectivity index (χ2n) is 6.57. The van der Waals surface area contributed by atoms with Crippen LogP contribution >= 0.6 is 12.4 Å². The van der Waals surface area contributed by atoms with E-state index in [1.807, 2.05) is 24.3 Å². The lowest BCUT2D eigenvalue weighted by Gasteiger charge is -2.24. The van der Waals surface area contributed by atoms with Gasteiger partial charge in [0.25, 0.3) is 5.91 Å². The summed E-state index contributed by atoms with van der Waals surface area (Å²) in [5.41, 5.74) is 1.22. The maximum Gasteiger partial charge on any atom is 0.416 e. The molecule has 0 saturated carbocycles. The van der Waals surface area contributed by atoms with Crippen LogP contribution in [0, 0.1) is 0 Å². The molecular weight excluding hydrogens is 377 g/mol. The van der Waals surface area contributed by atoms with Crippen molar-refractivity contribution in [2.45, 2.75) is 32.0 Å².